The van der Waals surface area contributed by atoms with Crippen molar-refractivity contribution in [1.29, 1.82) is 0 Å². The highest BCUT2D eigenvalue weighted by molar-refractivity contribution is 8.16. The molecule has 4 nitrogen and oxygen atoms in total. The molecule has 1 aliphatic heterocycles. The Kier molecular flexibility index (Phi) is 4.02. The second-order valence-corrected chi connectivity index (χ2v) is 7.24. The molecule has 0 bridgehead atoms. The summed E-state index contributed by atoms with van der Waals surface area (Å²) in [7, 11) is 0. The smallest absolute Gasteiger partial charge is 0.242 e. The standard InChI is InChI=1S/C13H22N2O2S/c1-8(2)13(3)11(17)15-12(18-13)14-7-9-4-5-10(16)6-9/h8-10,16H,4-7H2,1-3H3,(H,14,15,17)/t9-,10-,13?/m0/s1. The minimum atomic E-state index is -0.395. The van der Waals surface area contributed by atoms with Gasteiger partial charge in [-0.25, -0.2) is 0 Å². The molecule has 2 N–H and O–H groups in total. The van der Waals surface area contributed by atoms with E-state index >= 15 is 0 Å². The predicted molar refractivity (Wildman–Crippen MR) is 74.6 cm³/mol. The Hall–Kier alpha value is -0.550. The van der Waals surface area contributed by atoms with E-state index in [1.54, 1.807) is 11.8 Å². The molecule has 18 heavy (non-hydrogen) atoms. The van der Waals surface area contributed by atoms with Gasteiger partial charge in [0.2, 0.25) is 5.91 Å². The van der Waals surface area contributed by atoms with E-state index < -0.39 is 4.75 Å². The van der Waals surface area contributed by atoms with E-state index in [1.807, 2.05) is 6.92 Å². The summed E-state index contributed by atoms with van der Waals surface area (Å²) in [6.07, 6.45) is 2.62. The molecule has 1 amide bonds. The van der Waals surface area contributed by atoms with Gasteiger partial charge in [-0.2, -0.15) is 0 Å². The van der Waals surface area contributed by atoms with Gasteiger partial charge in [-0.15, -0.1) is 0 Å². The fourth-order valence-electron chi connectivity index (χ4n) is 2.37. The van der Waals surface area contributed by atoms with Gasteiger partial charge in [0, 0.05) is 6.54 Å². The maximum atomic E-state index is 11.9. The molecule has 102 valence electrons. The Balaban J connectivity index is 1.94. The van der Waals surface area contributed by atoms with Crippen LogP contribution in [0.5, 0.6) is 0 Å². The first kappa shape index (κ1) is 13.9. The number of carbonyl (C=O) groups is 1. The summed E-state index contributed by atoms with van der Waals surface area (Å²) in [5.74, 6) is 0.812. The lowest BCUT2D eigenvalue weighted by atomic mass is 9.96. The maximum absolute atomic E-state index is 11.9. The average Bonchev–Trinajstić information content (AvgIpc) is 2.82. The second-order valence-electron chi connectivity index (χ2n) is 5.80. The molecule has 2 aliphatic rings. The summed E-state index contributed by atoms with van der Waals surface area (Å²) in [5.41, 5.74) is 0. The van der Waals surface area contributed by atoms with E-state index in [2.05, 4.69) is 24.2 Å². The van der Waals surface area contributed by atoms with Gasteiger partial charge in [0.1, 0.15) is 4.75 Å². The fourth-order valence-corrected chi connectivity index (χ4v) is 3.44. The Labute approximate surface area is 113 Å². The van der Waals surface area contributed by atoms with E-state index in [0.717, 1.165) is 24.4 Å². The molecule has 2 rings (SSSR count). The third-order valence-electron chi connectivity index (χ3n) is 4.09. The van der Waals surface area contributed by atoms with Crippen molar-refractivity contribution in [3.8, 4) is 0 Å². The molecule has 5 heteroatoms. The monoisotopic (exact) mass is 270 g/mol. The molecular weight excluding hydrogens is 248 g/mol. The maximum Gasteiger partial charge on any atom is 0.242 e. The van der Waals surface area contributed by atoms with Crippen LogP contribution in [0.15, 0.2) is 4.99 Å². The molecule has 2 fully saturated rings. The number of nitrogens with zero attached hydrogens (tertiary/aromatic N) is 1. The number of aliphatic hydroxyl groups is 1. The Morgan fingerprint density at radius 2 is 2.28 bits per heavy atom. The number of amidine groups is 1. The lowest BCUT2D eigenvalue weighted by Gasteiger charge is -2.22. The number of rotatable bonds is 3. The molecule has 1 saturated heterocycles. The molecule has 0 aromatic rings. The molecule has 1 saturated carbocycles. The van der Waals surface area contributed by atoms with Crippen LogP contribution in [-0.4, -0.2) is 33.6 Å². The van der Waals surface area contributed by atoms with Gasteiger partial charge in [0.15, 0.2) is 5.17 Å². The van der Waals surface area contributed by atoms with Crippen LogP contribution in [0.25, 0.3) is 0 Å². The highest BCUT2D eigenvalue weighted by Crippen LogP contribution is 2.38. The van der Waals surface area contributed by atoms with Crippen molar-refractivity contribution < 1.29 is 9.90 Å². The fraction of sp³-hybridized carbons (Fsp3) is 0.846. The molecule has 0 aromatic carbocycles. The number of carbonyl (C=O) groups excluding carboxylic acids is 1. The Morgan fingerprint density at radius 1 is 1.56 bits per heavy atom. The van der Waals surface area contributed by atoms with Crippen molar-refractivity contribution >= 4 is 22.8 Å². The zero-order chi connectivity index (χ0) is 13.3. The summed E-state index contributed by atoms with van der Waals surface area (Å²) >= 11 is 1.54. The van der Waals surface area contributed by atoms with Gasteiger partial charge < -0.3 is 10.4 Å². The average molecular weight is 270 g/mol. The summed E-state index contributed by atoms with van der Waals surface area (Å²) < 4.78 is -0.395. The number of thioether (sulfide) groups is 1. The lowest BCUT2D eigenvalue weighted by molar-refractivity contribution is -0.122. The highest BCUT2D eigenvalue weighted by Gasteiger charge is 2.44. The highest BCUT2D eigenvalue weighted by atomic mass is 32.2. The van der Waals surface area contributed by atoms with Gasteiger partial charge in [0.05, 0.1) is 6.10 Å². The van der Waals surface area contributed by atoms with Crippen LogP contribution in [-0.2, 0) is 4.79 Å². The van der Waals surface area contributed by atoms with Gasteiger partial charge in [-0.05, 0) is 38.0 Å². The van der Waals surface area contributed by atoms with Crippen LogP contribution in [0.1, 0.15) is 40.0 Å². The zero-order valence-electron chi connectivity index (χ0n) is 11.3. The van der Waals surface area contributed by atoms with Gasteiger partial charge in [-0.3, -0.25) is 9.79 Å². The molecule has 0 aromatic heterocycles. The van der Waals surface area contributed by atoms with Crippen molar-refractivity contribution in [2.24, 2.45) is 16.8 Å². The second kappa shape index (κ2) is 5.21. The number of hydrogen-bond donors (Lipinski definition) is 2. The molecule has 1 aliphatic carbocycles. The number of aliphatic hydroxyl groups excluding tert-OH is 1. The SMILES string of the molecule is CC(C)C1(C)SC(=NC[C@H]2CC[C@H](O)C2)NC1=O. The molecule has 0 spiro atoms. The van der Waals surface area contributed by atoms with Crippen LogP contribution in [0, 0.1) is 11.8 Å². The quantitative estimate of drug-likeness (QED) is 0.822. The van der Waals surface area contributed by atoms with E-state index in [0.29, 0.717) is 12.5 Å². The first-order valence-corrected chi connectivity index (χ1v) is 7.46. The number of hydrogen-bond acceptors (Lipinski definition) is 4. The molecule has 0 radical (unpaired) electrons. The lowest BCUT2D eigenvalue weighted by Crippen LogP contribution is -2.38. The van der Waals surface area contributed by atoms with Crippen molar-refractivity contribution in [2.45, 2.75) is 50.9 Å². The van der Waals surface area contributed by atoms with Gasteiger partial charge >= 0.3 is 0 Å². The van der Waals surface area contributed by atoms with Crippen LogP contribution in [0.2, 0.25) is 0 Å². The van der Waals surface area contributed by atoms with E-state index in [1.165, 1.54) is 0 Å². The first-order valence-electron chi connectivity index (χ1n) is 6.65. The third kappa shape index (κ3) is 2.72. The summed E-state index contributed by atoms with van der Waals surface area (Å²) in [4.78, 5) is 16.4. The summed E-state index contributed by atoms with van der Waals surface area (Å²) in [5, 5.41) is 13.1. The van der Waals surface area contributed by atoms with Gasteiger partial charge in [0.25, 0.3) is 0 Å². The Bertz CT molecular complexity index is 370. The number of nitrogens with one attached hydrogen (secondary N) is 1. The summed E-state index contributed by atoms with van der Waals surface area (Å²) in [6, 6.07) is 0. The van der Waals surface area contributed by atoms with Crippen LogP contribution in [0.4, 0.5) is 0 Å². The van der Waals surface area contributed by atoms with Crippen molar-refractivity contribution in [3.05, 3.63) is 0 Å². The number of aliphatic imine (C=N–C) groups is 1. The van der Waals surface area contributed by atoms with Crippen molar-refractivity contribution in [2.75, 3.05) is 6.54 Å². The largest absolute Gasteiger partial charge is 0.393 e. The van der Waals surface area contributed by atoms with E-state index in [9.17, 15) is 9.90 Å². The minimum absolute atomic E-state index is 0.0627. The Morgan fingerprint density at radius 3 is 2.78 bits per heavy atom. The number of amides is 1. The topological polar surface area (TPSA) is 61.7 Å². The van der Waals surface area contributed by atoms with E-state index in [-0.39, 0.29) is 17.9 Å². The third-order valence-corrected chi connectivity index (χ3v) is 5.59. The van der Waals surface area contributed by atoms with E-state index in [4.69, 9.17) is 0 Å². The van der Waals surface area contributed by atoms with Crippen LogP contribution in [0.3, 0.4) is 0 Å². The molecule has 1 unspecified atom stereocenters. The minimum Gasteiger partial charge on any atom is -0.393 e. The zero-order valence-corrected chi connectivity index (χ0v) is 12.1. The molecule has 3 atom stereocenters. The first-order chi connectivity index (χ1) is 8.41. The van der Waals surface area contributed by atoms with Crippen molar-refractivity contribution in [3.63, 3.8) is 0 Å². The van der Waals surface area contributed by atoms with Crippen molar-refractivity contribution in [1.82, 2.24) is 5.32 Å². The normalized spacial score (nSPS) is 38.7. The molecular formula is C13H22N2O2S. The molecule has 1 heterocycles. The van der Waals surface area contributed by atoms with Gasteiger partial charge in [-0.1, -0.05) is 25.6 Å². The predicted octanol–water partition coefficient (Wildman–Crippen LogP) is 1.78. The van der Waals surface area contributed by atoms with Crippen LogP contribution >= 0.6 is 11.8 Å². The summed E-state index contributed by atoms with van der Waals surface area (Å²) in [6.45, 7) is 6.80. The van der Waals surface area contributed by atoms with Crippen LogP contribution < -0.4 is 5.32 Å².